The maximum Gasteiger partial charge on any atom is 0.238 e. The molecule has 1 aromatic carbocycles. The van der Waals surface area contributed by atoms with Crippen LogP contribution < -0.4 is 10.2 Å². The van der Waals surface area contributed by atoms with Crippen LogP contribution in [0.2, 0.25) is 0 Å². The summed E-state index contributed by atoms with van der Waals surface area (Å²) in [6, 6.07) is 11.9. The molecule has 2 aliphatic rings. The molecule has 0 unspecified atom stereocenters. The monoisotopic (exact) mass is 435 g/mol. The van der Waals surface area contributed by atoms with Gasteiger partial charge in [0.15, 0.2) is 5.82 Å². The summed E-state index contributed by atoms with van der Waals surface area (Å²) in [6.07, 6.45) is 5.35. The molecule has 3 heterocycles. The number of nitrogens with one attached hydrogen (secondary N) is 1. The molecular weight excluding hydrogens is 402 g/mol. The third-order valence-electron chi connectivity index (χ3n) is 6.41. The minimum absolute atomic E-state index is 0.0275. The summed E-state index contributed by atoms with van der Waals surface area (Å²) in [5.74, 6) is 1.86. The maximum atomic E-state index is 13.1. The van der Waals surface area contributed by atoms with Gasteiger partial charge in [0, 0.05) is 38.8 Å². The van der Waals surface area contributed by atoms with Crippen LogP contribution in [0.25, 0.3) is 0 Å². The minimum atomic E-state index is -0.0275. The number of amides is 2. The summed E-state index contributed by atoms with van der Waals surface area (Å²) in [6.45, 7) is 7.31. The Labute approximate surface area is 190 Å². The molecule has 32 heavy (non-hydrogen) atoms. The normalized spacial score (nSPS) is 17.3. The lowest BCUT2D eigenvalue weighted by Gasteiger charge is -2.33. The lowest BCUT2D eigenvalue weighted by molar-refractivity contribution is -0.133. The Morgan fingerprint density at radius 3 is 2.41 bits per heavy atom. The molecule has 2 fully saturated rings. The lowest BCUT2D eigenvalue weighted by atomic mass is 9.89. The van der Waals surface area contributed by atoms with Gasteiger partial charge in [-0.25, -0.2) is 0 Å². The molecule has 7 heteroatoms. The van der Waals surface area contributed by atoms with Gasteiger partial charge in [0.1, 0.15) is 0 Å². The zero-order chi connectivity index (χ0) is 22.5. The fourth-order valence-corrected chi connectivity index (χ4v) is 4.41. The molecule has 0 saturated carbocycles. The third kappa shape index (κ3) is 5.33. The van der Waals surface area contributed by atoms with Crippen molar-refractivity contribution in [1.29, 1.82) is 0 Å². The van der Waals surface area contributed by atoms with E-state index in [-0.39, 0.29) is 11.8 Å². The van der Waals surface area contributed by atoms with Crippen molar-refractivity contribution in [2.75, 3.05) is 31.1 Å². The SMILES string of the molecule is CC(C)CC(=O)N1CCC(Cc2ccc(N(C(=O)C3CNC3)c3cccnn3)cc2)CC1. The van der Waals surface area contributed by atoms with E-state index in [0.29, 0.717) is 43.1 Å². The Bertz CT molecular complexity index is 904. The molecule has 2 amide bonds. The summed E-state index contributed by atoms with van der Waals surface area (Å²) < 4.78 is 0. The van der Waals surface area contributed by atoms with Crippen LogP contribution in [0.5, 0.6) is 0 Å². The van der Waals surface area contributed by atoms with E-state index >= 15 is 0 Å². The number of piperidine rings is 1. The highest BCUT2D eigenvalue weighted by Crippen LogP contribution is 2.28. The van der Waals surface area contributed by atoms with E-state index in [9.17, 15) is 9.59 Å². The van der Waals surface area contributed by atoms with Crippen molar-refractivity contribution in [3.63, 3.8) is 0 Å². The van der Waals surface area contributed by atoms with Crippen molar-refractivity contribution >= 4 is 23.3 Å². The molecule has 0 atom stereocenters. The smallest absolute Gasteiger partial charge is 0.238 e. The summed E-state index contributed by atoms with van der Waals surface area (Å²) in [5.41, 5.74) is 2.08. The average molecular weight is 436 g/mol. The van der Waals surface area contributed by atoms with Crippen LogP contribution in [0.4, 0.5) is 11.5 Å². The zero-order valence-electron chi connectivity index (χ0n) is 19.0. The molecule has 4 rings (SSSR count). The van der Waals surface area contributed by atoms with Gasteiger partial charge in [0.05, 0.1) is 11.6 Å². The first-order valence-electron chi connectivity index (χ1n) is 11.7. The van der Waals surface area contributed by atoms with Crippen molar-refractivity contribution in [3.8, 4) is 0 Å². The van der Waals surface area contributed by atoms with Crippen LogP contribution in [0.15, 0.2) is 42.6 Å². The highest BCUT2D eigenvalue weighted by molar-refractivity contribution is 6.01. The van der Waals surface area contributed by atoms with Gasteiger partial charge in [-0.3, -0.25) is 14.5 Å². The van der Waals surface area contributed by atoms with Crippen molar-refractivity contribution in [3.05, 3.63) is 48.2 Å². The summed E-state index contributed by atoms with van der Waals surface area (Å²) >= 11 is 0. The van der Waals surface area contributed by atoms with Crippen LogP contribution in [-0.2, 0) is 16.0 Å². The van der Waals surface area contributed by atoms with E-state index in [1.54, 1.807) is 17.2 Å². The average Bonchev–Trinajstić information content (AvgIpc) is 2.75. The van der Waals surface area contributed by atoms with Crippen LogP contribution in [0, 0.1) is 17.8 Å². The number of carbonyl (C=O) groups excluding carboxylic acids is 2. The molecule has 2 aromatic rings. The second kappa shape index (κ2) is 10.2. The number of nitrogens with zero attached hydrogens (tertiary/aromatic N) is 4. The van der Waals surface area contributed by atoms with Gasteiger partial charge in [-0.05, 0) is 60.9 Å². The van der Waals surface area contributed by atoms with E-state index < -0.39 is 0 Å². The third-order valence-corrected chi connectivity index (χ3v) is 6.41. The van der Waals surface area contributed by atoms with Crippen LogP contribution in [0.1, 0.15) is 38.7 Å². The summed E-state index contributed by atoms with van der Waals surface area (Å²) in [5, 5.41) is 11.3. The fourth-order valence-electron chi connectivity index (χ4n) is 4.41. The van der Waals surface area contributed by atoms with Gasteiger partial charge in [0.25, 0.3) is 0 Å². The number of anilines is 2. The Morgan fingerprint density at radius 2 is 1.84 bits per heavy atom. The van der Waals surface area contributed by atoms with Crippen LogP contribution in [-0.4, -0.2) is 53.1 Å². The van der Waals surface area contributed by atoms with Gasteiger partial charge in [-0.15, -0.1) is 5.10 Å². The Morgan fingerprint density at radius 1 is 1.12 bits per heavy atom. The second-order valence-corrected chi connectivity index (χ2v) is 9.40. The number of likely N-dealkylation sites (tertiary alicyclic amines) is 1. The molecule has 7 nitrogen and oxygen atoms in total. The molecule has 0 radical (unpaired) electrons. The van der Waals surface area contributed by atoms with Crippen LogP contribution >= 0.6 is 0 Å². The van der Waals surface area contributed by atoms with Gasteiger partial charge in [-0.1, -0.05) is 26.0 Å². The van der Waals surface area contributed by atoms with E-state index in [1.807, 2.05) is 23.1 Å². The summed E-state index contributed by atoms with van der Waals surface area (Å²) in [7, 11) is 0. The molecule has 2 aliphatic heterocycles. The van der Waals surface area contributed by atoms with Crippen molar-refractivity contribution in [2.45, 2.75) is 39.5 Å². The molecule has 0 aliphatic carbocycles. The van der Waals surface area contributed by atoms with E-state index in [0.717, 1.165) is 38.0 Å². The standard InChI is InChI=1S/C25H33N5O2/c1-18(2)14-24(31)29-12-9-20(10-13-29)15-19-5-7-22(8-6-19)30(23-4-3-11-27-28-23)25(32)21-16-26-17-21/h3-8,11,18,20-21,26H,9-10,12-17H2,1-2H3. The van der Waals surface area contributed by atoms with Crippen molar-refractivity contribution in [2.24, 2.45) is 17.8 Å². The van der Waals surface area contributed by atoms with Gasteiger partial charge >= 0.3 is 0 Å². The van der Waals surface area contributed by atoms with Crippen molar-refractivity contribution < 1.29 is 9.59 Å². The zero-order valence-corrected chi connectivity index (χ0v) is 19.0. The van der Waals surface area contributed by atoms with E-state index in [2.05, 4.69) is 41.5 Å². The van der Waals surface area contributed by atoms with Gasteiger partial charge in [-0.2, -0.15) is 5.10 Å². The number of benzene rings is 1. The second-order valence-electron chi connectivity index (χ2n) is 9.40. The van der Waals surface area contributed by atoms with Gasteiger partial charge in [0.2, 0.25) is 11.8 Å². The lowest BCUT2D eigenvalue weighted by Crippen LogP contribution is -2.51. The van der Waals surface area contributed by atoms with E-state index in [4.69, 9.17) is 0 Å². The first kappa shape index (κ1) is 22.4. The molecule has 1 aromatic heterocycles. The Kier molecular flexibility index (Phi) is 7.15. The van der Waals surface area contributed by atoms with Gasteiger partial charge < -0.3 is 10.2 Å². The topological polar surface area (TPSA) is 78.4 Å². The molecular formula is C25H33N5O2. The Hall–Kier alpha value is -2.80. The predicted octanol–water partition coefficient (Wildman–Crippen LogP) is 3.19. The number of carbonyl (C=O) groups is 2. The van der Waals surface area contributed by atoms with Crippen LogP contribution in [0.3, 0.4) is 0 Å². The Balaban J connectivity index is 1.39. The highest BCUT2D eigenvalue weighted by Gasteiger charge is 2.32. The molecule has 170 valence electrons. The predicted molar refractivity (Wildman–Crippen MR) is 124 cm³/mol. The first-order valence-corrected chi connectivity index (χ1v) is 11.7. The largest absolute Gasteiger partial charge is 0.343 e. The number of hydrogen-bond acceptors (Lipinski definition) is 5. The molecule has 2 saturated heterocycles. The summed E-state index contributed by atoms with van der Waals surface area (Å²) in [4.78, 5) is 29.1. The highest BCUT2D eigenvalue weighted by atomic mass is 16.2. The number of rotatable bonds is 7. The quantitative estimate of drug-likeness (QED) is 0.723. The molecule has 0 bridgehead atoms. The number of hydrogen-bond donors (Lipinski definition) is 1. The fraction of sp³-hybridized carbons (Fsp3) is 0.520. The molecule has 0 spiro atoms. The number of aromatic nitrogens is 2. The first-order chi connectivity index (χ1) is 15.5. The van der Waals surface area contributed by atoms with Crippen molar-refractivity contribution in [1.82, 2.24) is 20.4 Å². The minimum Gasteiger partial charge on any atom is -0.343 e. The molecule has 1 N–H and O–H groups in total. The van der Waals surface area contributed by atoms with E-state index in [1.165, 1.54) is 5.56 Å². The maximum absolute atomic E-state index is 13.1.